The summed E-state index contributed by atoms with van der Waals surface area (Å²) < 4.78 is 0. The van der Waals surface area contributed by atoms with Crippen LogP contribution in [0.3, 0.4) is 0 Å². The van der Waals surface area contributed by atoms with E-state index < -0.39 is 0 Å². The maximum atomic E-state index is 5.44. The second-order valence-corrected chi connectivity index (χ2v) is 2.29. The Balaban J connectivity index is 3.28. The second-order valence-electron chi connectivity index (χ2n) is 1.58. The van der Waals surface area contributed by atoms with Crippen LogP contribution in [0.25, 0.3) is 0 Å². The van der Waals surface area contributed by atoms with Crippen molar-refractivity contribution in [2.45, 2.75) is 0 Å². The lowest BCUT2D eigenvalue weighted by molar-refractivity contribution is 1.22. The summed E-state index contributed by atoms with van der Waals surface area (Å²) in [7, 11) is 0. The number of hydrogen-bond acceptors (Lipinski definition) is 4. The van der Waals surface area contributed by atoms with Crippen LogP contribution in [0.2, 0.25) is 10.3 Å². The molecule has 0 spiro atoms. The quantitative estimate of drug-likeness (QED) is 0.621. The molecule has 0 saturated heterocycles. The standard InChI is InChI=1S/C4H4Cl2N4/c5-1-2(6)10-4(8)3(7)9-1/h(H2,7,9)(H2,8,10). The summed E-state index contributed by atoms with van der Waals surface area (Å²) in [5.74, 6) is 0.184. The highest BCUT2D eigenvalue weighted by Gasteiger charge is 2.03. The molecule has 0 aliphatic carbocycles. The average molecular weight is 179 g/mol. The van der Waals surface area contributed by atoms with Gasteiger partial charge in [0.1, 0.15) is 0 Å². The molecule has 6 heteroatoms. The largest absolute Gasteiger partial charge is 0.381 e. The fourth-order valence-electron chi connectivity index (χ4n) is 0.418. The summed E-state index contributed by atoms with van der Waals surface area (Å²) in [5, 5.41) is 0.127. The SMILES string of the molecule is Nc1nc(Cl)c(Cl)nc1N. The Kier molecular flexibility index (Phi) is 1.82. The molecule has 4 nitrogen and oxygen atoms in total. The molecule has 1 heterocycles. The van der Waals surface area contributed by atoms with Gasteiger partial charge in [0.15, 0.2) is 21.9 Å². The number of nitrogens with zero attached hydrogens (tertiary/aromatic N) is 2. The monoisotopic (exact) mass is 178 g/mol. The number of nitrogen functional groups attached to an aromatic ring is 2. The predicted octanol–water partition coefficient (Wildman–Crippen LogP) is 0.948. The molecule has 0 bridgehead atoms. The zero-order chi connectivity index (χ0) is 7.72. The number of anilines is 2. The topological polar surface area (TPSA) is 77.8 Å². The summed E-state index contributed by atoms with van der Waals surface area (Å²) in [6.07, 6.45) is 0. The fourth-order valence-corrected chi connectivity index (χ4v) is 0.685. The Labute approximate surface area is 67.2 Å². The lowest BCUT2D eigenvalue weighted by Crippen LogP contribution is -2.01. The van der Waals surface area contributed by atoms with Crippen LogP contribution in [0.15, 0.2) is 0 Å². The smallest absolute Gasteiger partial charge is 0.168 e. The van der Waals surface area contributed by atoms with E-state index in [1.54, 1.807) is 0 Å². The zero-order valence-corrected chi connectivity index (χ0v) is 6.32. The van der Waals surface area contributed by atoms with Crippen LogP contribution < -0.4 is 11.5 Å². The average Bonchev–Trinajstić information content (AvgIpc) is 1.84. The van der Waals surface area contributed by atoms with Crippen molar-refractivity contribution in [3.63, 3.8) is 0 Å². The van der Waals surface area contributed by atoms with Crippen LogP contribution in [0.5, 0.6) is 0 Å². The summed E-state index contributed by atoms with van der Waals surface area (Å²) in [6, 6.07) is 0. The Morgan fingerprint density at radius 2 is 1.20 bits per heavy atom. The molecule has 54 valence electrons. The van der Waals surface area contributed by atoms with E-state index in [9.17, 15) is 0 Å². The highest BCUT2D eigenvalue weighted by Crippen LogP contribution is 2.20. The highest BCUT2D eigenvalue weighted by atomic mass is 35.5. The first kappa shape index (κ1) is 7.37. The minimum absolute atomic E-state index is 0.0633. The van der Waals surface area contributed by atoms with Crippen molar-refractivity contribution in [3.05, 3.63) is 10.3 Å². The molecule has 0 radical (unpaired) electrons. The molecule has 0 fully saturated rings. The Morgan fingerprint density at radius 1 is 0.900 bits per heavy atom. The second kappa shape index (κ2) is 2.48. The number of hydrogen-bond donors (Lipinski definition) is 2. The van der Waals surface area contributed by atoms with Gasteiger partial charge in [-0.05, 0) is 0 Å². The van der Waals surface area contributed by atoms with E-state index in [1.165, 1.54) is 0 Å². The van der Waals surface area contributed by atoms with Crippen molar-refractivity contribution in [3.8, 4) is 0 Å². The fraction of sp³-hybridized carbons (Fsp3) is 0. The molecule has 0 aliphatic rings. The van der Waals surface area contributed by atoms with Crippen molar-refractivity contribution in [1.82, 2.24) is 9.97 Å². The van der Waals surface area contributed by atoms with E-state index in [1.807, 2.05) is 0 Å². The molecule has 0 amide bonds. The Hall–Kier alpha value is -0.740. The van der Waals surface area contributed by atoms with Crippen LogP contribution in [-0.2, 0) is 0 Å². The van der Waals surface area contributed by atoms with Crippen LogP contribution >= 0.6 is 23.2 Å². The Morgan fingerprint density at radius 3 is 1.50 bits per heavy atom. The molecular weight excluding hydrogens is 175 g/mol. The van der Waals surface area contributed by atoms with Gasteiger partial charge in [0.05, 0.1) is 0 Å². The van der Waals surface area contributed by atoms with Crippen LogP contribution in [-0.4, -0.2) is 9.97 Å². The van der Waals surface area contributed by atoms with E-state index in [2.05, 4.69) is 9.97 Å². The van der Waals surface area contributed by atoms with Gasteiger partial charge in [0.2, 0.25) is 0 Å². The third-order valence-corrected chi connectivity index (χ3v) is 1.49. The van der Waals surface area contributed by atoms with Gasteiger partial charge in [-0.15, -0.1) is 0 Å². The maximum Gasteiger partial charge on any atom is 0.168 e. The summed E-state index contributed by atoms with van der Waals surface area (Å²) in [5.41, 5.74) is 10.5. The van der Waals surface area contributed by atoms with Crippen LogP contribution in [0, 0.1) is 0 Å². The van der Waals surface area contributed by atoms with E-state index in [4.69, 9.17) is 34.7 Å². The van der Waals surface area contributed by atoms with Crippen molar-refractivity contribution in [1.29, 1.82) is 0 Å². The van der Waals surface area contributed by atoms with Gasteiger partial charge in [-0.25, -0.2) is 9.97 Å². The van der Waals surface area contributed by atoms with Crippen molar-refractivity contribution in [2.24, 2.45) is 0 Å². The van der Waals surface area contributed by atoms with Gasteiger partial charge in [0.25, 0.3) is 0 Å². The predicted molar refractivity (Wildman–Crippen MR) is 40.9 cm³/mol. The molecule has 1 aromatic heterocycles. The summed E-state index contributed by atoms with van der Waals surface area (Å²) in [4.78, 5) is 7.19. The van der Waals surface area contributed by atoms with Crippen molar-refractivity contribution in [2.75, 3.05) is 11.5 Å². The molecule has 0 aromatic carbocycles. The molecule has 1 rings (SSSR count). The number of rotatable bonds is 0. The maximum absolute atomic E-state index is 5.44. The van der Waals surface area contributed by atoms with Gasteiger partial charge in [-0.1, -0.05) is 23.2 Å². The summed E-state index contributed by atoms with van der Waals surface area (Å²) in [6.45, 7) is 0. The minimum atomic E-state index is 0.0633. The molecular formula is C4H4Cl2N4. The molecule has 0 saturated carbocycles. The molecule has 4 N–H and O–H groups in total. The Bertz CT molecular complexity index is 211. The van der Waals surface area contributed by atoms with Crippen molar-refractivity contribution >= 4 is 34.8 Å². The molecule has 10 heavy (non-hydrogen) atoms. The first-order valence-electron chi connectivity index (χ1n) is 2.35. The van der Waals surface area contributed by atoms with Gasteiger partial charge >= 0.3 is 0 Å². The number of aromatic nitrogens is 2. The number of nitrogens with two attached hydrogens (primary N) is 2. The number of halogens is 2. The van der Waals surface area contributed by atoms with E-state index >= 15 is 0 Å². The lowest BCUT2D eigenvalue weighted by atomic mass is 10.6. The van der Waals surface area contributed by atoms with Crippen LogP contribution in [0.1, 0.15) is 0 Å². The zero-order valence-electron chi connectivity index (χ0n) is 4.81. The first-order chi connectivity index (χ1) is 4.61. The molecule has 0 aliphatic heterocycles. The summed E-state index contributed by atoms with van der Waals surface area (Å²) >= 11 is 10.9. The first-order valence-corrected chi connectivity index (χ1v) is 3.11. The molecule has 0 unspecified atom stereocenters. The minimum Gasteiger partial charge on any atom is -0.381 e. The van der Waals surface area contributed by atoms with Gasteiger partial charge in [-0.3, -0.25) is 0 Å². The van der Waals surface area contributed by atoms with Gasteiger partial charge < -0.3 is 11.5 Å². The third-order valence-electron chi connectivity index (χ3n) is 0.870. The lowest BCUT2D eigenvalue weighted by Gasteiger charge is -1.98. The van der Waals surface area contributed by atoms with Crippen molar-refractivity contribution < 1.29 is 0 Å². The van der Waals surface area contributed by atoms with E-state index in [0.717, 1.165) is 0 Å². The highest BCUT2D eigenvalue weighted by molar-refractivity contribution is 6.40. The van der Waals surface area contributed by atoms with Crippen LogP contribution in [0.4, 0.5) is 11.6 Å². The van der Waals surface area contributed by atoms with E-state index in [-0.39, 0.29) is 21.9 Å². The molecule has 0 atom stereocenters. The normalized spacial score (nSPS) is 9.80. The van der Waals surface area contributed by atoms with Gasteiger partial charge in [0, 0.05) is 0 Å². The van der Waals surface area contributed by atoms with E-state index in [0.29, 0.717) is 0 Å². The molecule has 1 aromatic rings. The third kappa shape index (κ3) is 1.22. The van der Waals surface area contributed by atoms with Gasteiger partial charge in [-0.2, -0.15) is 0 Å².